The molecule has 4 rings (SSSR count). The quantitative estimate of drug-likeness (QED) is 0.289. The number of imide groups is 2. The van der Waals surface area contributed by atoms with Crippen LogP contribution in [0.25, 0.3) is 0 Å². The molecule has 1 unspecified atom stereocenters. The fraction of sp³-hybridized carbons (Fsp3) is 0.600. The van der Waals surface area contributed by atoms with Gasteiger partial charge in [-0.2, -0.15) is 17.0 Å². The van der Waals surface area contributed by atoms with Crippen LogP contribution in [0.1, 0.15) is 64.8 Å². The van der Waals surface area contributed by atoms with Crippen molar-refractivity contribution >= 4 is 33.8 Å². The molecule has 0 spiro atoms. The van der Waals surface area contributed by atoms with Gasteiger partial charge in [0, 0.05) is 52.4 Å². The number of hydrogen-bond donors (Lipinski definition) is 2. The largest absolute Gasteiger partial charge is 0.381 e. The molecule has 0 aromatic heterocycles. The number of nitrogens with zero attached hydrogens (tertiary/aromatic N) is 3. The maximum absolute atomic E-state index is 13.1. The number of carbonyl (C=O) groups excluding carboxylic acids is 4. The van der Waals surface area contributed by atoms with Crippen molar-refractivity contribution in [2.45, 2.75) is 57.0 Å². The van der Waals surface area contributed by atoms with Crippen molar-refractivity contribution in [2.24, 2.45) is 5.73 Å². The summed E-state index contributed by atoms with van der Waals surface area (Å²) in [7, 11) is -1.94. The maximum atomic E-state index is 13.1. The van der Waals surface area contributed by atoms with Crippen molar-refractivity contribution in [1.29, 1.82) is 0 Å². The van der Waals surface area contributed by atoms with Crippen LogP contribution in [0.4, 0.5) is 0 Å². The topological polar surface area (TPSA) is 159 Å². The van der Waals surface area contributed by atoms with Crippen molar-refractivity contribution in [1.82, 2.24) is 18.8 Å². The van der Waals surface area contributed by atoms with Crippen molar-refractivity contribution in [3.63, 3.8) is 0 Å². The zero-order valence-electron chi connectivity index (χ0n) is 21.6. The molecule has 3 aliphatic rings. The average Bonchev–Trinajstić information content (AvgIpc) is 3.14. The number of nitrogens with two attached hydrogens (primary N) is 1. The summed E-state index contributed by atoms with van der Waals surface area (Å²) in [6, 6.07) is 4.13. The molecule has 1 aromatic rings. The molecule has 0 bridgehead atoms. The highest BCUT2D eigenvalue weighted by atomic mass is 32.2. The first kappa shape index (κ1) is 28.3. The molecule has 13 heteroatoms. The minimum absolute atomic E-state index is 0.0555. The number of fused-ring (bicyclic) bond motifs is 1. The van der Waals surface area contributed by atoms with Gasteiger partial charge in [0.15, 0.2) is 0 Å². The van der Waals surface area contributed by atoms with Crippen LogP contribution in [0.3, 0.4) is 0 Å². The van der Waals surface area contributed by atoms with Gasteiger partial charge in [-0.3, -0.25) is 29.4 Å². The Hall–Kier alpha value is -2.71. The van der Waals surface area contributed by atoms with Crippen molar-refractivity contribution in [3.8, 4) is 0 Å². The lowest BCUT2D eigenvalue weighted by Crippen LogP contribution is -2.54. The van der Waals surface area contributed by atoms with E-state index in [0.29, 0.717) is 76.1 Å². The third-order valence-electron chi connectivity index (χ3n) is 7.27. The summed E-state index contributed by atoms with van der Waals surface area (Å²) >= 11 is 0. The highest BCUT2D eigenvalue weighted by Gasteiger charge is 2.45. The van der Waals surface area contributed by atoms with Crippen LogP contribution >= 0.6 is 0 Å². The van der Waals surface area contributed by atoms with E-state index in [0.717, 1.165) is 4.90 Å². The SMILES string of the molecule is CN(CCCOCCCc1cccc2c1C(=O)N(C1CCC(=O)NC1=O)C2=O)S(=O)(=O)N1CCC(N)CC1. The van der Waals surface area contributed by atoms with Crippen LogP contribution in [-0.2, 0) is 31.0 Å². The van der Waals surface area contributed by atoms with Crippen LogP contribution in [-0.4, -0.2) is 97.5 Å². The van der Waals surface area contributed by atoms with Gasteiger partial charge >= 0.3 is 0 Å². The van der Waals surface area contributed by atoms with Crippen molar-refractivity contribution in [2.75, 3.05) is 39.9 Å². The lowest BCUT2D eigenvalue weighted by molar-refractivity contribution is -0.136. The number of aryl methyl sites for hydroxylation is 1. The van der Waals surface area contributed by atoms with Crippen LogP contribution in [0.15, 0.2) is 18.2 Å². The summed E-state index contributed by atoms with van der Waals surface area (Å²) in [5.74, 6) is -2.09. The van der Waals surface area contributed by atoms with Crippen molar-refractivity contribution in [3.05, 3.63) is 34.9 Å². The molecule has 0 saturated carbocycles. The van der Waals surface area contributed by atoms with E-state index in [2.05, 4.69) is 5.32 Å². The Morgan fingerprint density at radius 1 is 1.05 bits per heavy atom. The summed E-state index contributed by atoms with van der Waals surface area (Å²) in [4.78, 5) is 50.8. The third-order valence-corrected chi connectivity index (χ3v) is 9.26. The molecule has 3 N–H and O–H groups in total. The van der Waals surface area contributed by atoms with Gasteiger partial charge in [-0.1, -0.05) is 12.1 Å². The highest BCUT2D eigenvalue weighted by Crippen LogP contribution is 2.30. The monoisotopic (exact) mass is 549 g/mol. The van der Waals surface area contributed by atoms with E-state index in [-0.39, 0.29) is 24.4 Å². The highest BCUT2D eigenvalue weighted by molar-refractivity contribution is 7.86. The lowest BCUT2D eigenvalue weighted by Gasteiger charge is -2.32. The molecule has 2 saturated heterocycles. The van der Waals surface area contributed by atoms with E-state index in [1.807, 2.05) is 0 Å². The summed E-state index contributed by atoms with van der Waals surface area (Å²) in [5.41, 5.74) is 7.13. The zero-order chi connectivity index (χ0) is 27.4. The van der Waals surface area contributed by atoms with Crippen LogP contribution in [0.5, 0.6) is 0 Å². The second-order valence-corrected chi connectivity index (χ2v) is 12.0. The number of piperidine rings is 2. The van der Waals surface area contributed by atoms with Crippen LogP contribution in [0, 0.1) is 0 Å². The number of amides is 4. The maximum Gasteiger partial charge on any atom is 0.281 e. The van der Waals surface area contributed by atoms with E-state index in [1.54, 1.807) is 25.2 Å². The van der Waals surface area contributed by atoms with Gasteiger partial charge in [0.2, 0.25) is 11.8 Å². The van der Waals surface area contributed by atoms with Crippen LogP contribution in [0.2, 0.25) is 0 Å². The van der Waals surface area contributed by atoms with Crippen molar-refractivity contribution < 1.29 is 32.3 Å². The Morgan fingerprint density at radius 3 is 2.47 bits per heavy atom. The van der Waals surface area contributed by atoms with Gasteiger partial charge in [-0.25, -0.2) is 0 Å². The van der Waals surface area contributed by atoms with E-state index >= 15 is 0 Å². The summed E-state index contributed by atoms with van der Waals surface area (Å²) in [6.45, 7) is 2.01. The van der Waals surface area contributed by atoms with E-state index in [9.17, 15) is 27.6 Å². The molecular weight excluding hydrogens is 514 g/mol. The Morgan fingerprint density at radius 2 is 1.76 bits per heavy atom. The molecule has 12 nitrogen and oxygen atoms in total. The van der Waals surface area contributed by atoms with Gasteiger partial charge in [-0.05, 0) is 50.2 Å². The van der Waals surface area contributed by atoms with Gasteiger partial charge in [0.05, 0.1) is 11.1 Å². The standard InChI is InChI=1S/C25H35N5O7S/c1-28(38(35,36)29-13-10-18(26)11-14-29)12-4-16-37-15-3-6-17-5-2-7-19-22(17)25(34)30(24(19)33)20-8-9-21(31)27-23(20)32/h2,5,7,18,20H,3-4,6,8-16,26H2,1H3,(H,27,31,32). The minimum Gasteiger partial charge on any atom is -0.381 e. The first-order chi connectivity index (χ1) is 18.1. The average molecular weight is 550 g/mol. The number of nitrogens with one attached hydrogen (secondary N) is 1. The molecule has 1 aromatic carbocycles. The minimum atomic E-state index is -3.50. The Balaban J connectivity index is 1.23. The van der Waals surface area contributed by atoms with Gasteiger partial charge in [0.1, 0.15) is 6.04 Å². The number of hydrogen-bond acceptors (Lipinski definition) is 8. The number of carbonyl (C=O) groups is 4. The third kappa shape index (κ3) is 5.96. The summed E-state index contributed by atoms with van der Waals surface area (Å²) in [6.07, 6.45) is 3.14. The molecular formula is C25H35N5O7S. The molecule has 2 fully saturated rings. The predicted octanol–water partition coefficient (Wildman–Crippen LogP) is 0.0268. The molecule has 1 atom stereocenters. The normalized spacial score (nSPS) is 21.3. The number of ether oxygens (including phenoxy) is 1. The lowest BCUT2D eigenvalue weighted by atomic mass is 9.99. The van der Waals surface area contributed by atoms with E-state index < -0.39 is 39.9 Å². The van der Waals surface area contributed by atoms with Gasteiger partial charge in [-0.15, -0.1) is 0 Å². The molecule has 3 aliphatic heterocycles. The Bertz CT molecular complexity index is 1200. The first-order valence-corrected chi connectivity index (χ1v) is 14.4. The van der Waals surface area contributed by atoms with Gasteiger partial charge < -0.3 is 10.5 Å². The predicted molar refractivity (Wildman–Crippen MR) is 137 cm³/mol. The fourth-order valence-corrected chi connectivity index (χ4v) is 6.49. The fourth-order valence-electron chi connectivity index (χ4n) is 5.07. The number of rotatable bonds is 11. The van der Waals surface area contributed by atoms with Crippen LogP contribution < -0.4 is 11.1 Å². The summed E-state index contributed by atoms with van der Waals surface area (Å²) in [5, 5.41) is 2.20. The molecule has 3 heterocycles. The van der Waals surface area contributed by atoms with E-state index in [1.165, 1.54) is 8.61 Å². The molecule has 0 aliphatic carbocycles. The first-order valence-electron chi connectivity index (χ1n) is 13.0. The zero-order valence-corrected chi connectivity index (χ0v) is 22.4. The van der Waals surface area contributed by atoms with Gasteiger partial charge in [0.25, 0.3) is 22.0 Å². The molecule has 0 radical (unpaired) electrons. The summed E-state index contributed by atoms with van der Waals surface area (Å²) < 4.78 is 33.9. The second kappa shape index (κ2) is 12.0. The second-order valence-electron chi connectivity index (χ2n) is 9.92. The Kier molecular flexibility index (Phi) is 8.93. The molecule has 208 valence electrons. The molecule has 38 heavy (non-hydrogen) atoms. The Labute approximate surface area is 222 Å². The number of benzene rings is 1. The van der Waals surface area contributed by atoms with E-state index in [4.69, 9.17) is 10.5 Å². The molecule has 4 amide bonds. The smallest absolute Gasteiger partial charge is 0.281 e.